The highest BCUT2D eigenvalue weighted by Gasteiger charge is 2.36. The lowest BCUT2D eigenvalue weighted by Gasteiger charge is -2.30. The first-order valence-electron chi connectivity index (χ1n) is 4.51. The van der Waals surface area contributed by atoms with Crippen molar-refractivity contribution in [2.75, 3.05) is 6.54 Å². The van der Waals surface area contributed by atoms with Gasteiger partial charge >= 0.3 is 0 Å². The first-order valence-corrected chi connectivity index (χ1v) is 5.39. The van der Waals surface area contributed by atoms with Crippen LogP contribution in [0.5, 0.6) is 0 Å². The van der Waals surface area contributed by atoms with Gasteiger partial charge in [0.05, 0.1) is 4.87 Å². The van der Waals surface area contributed by atoms with E-state index in [1.807, 2.05) is 0 Å². The summed E-state index contributed by atoms with van der Waals surface area (Å²) >= 11 is 2.09. The van der Waals surface area contributed by atoms with E-state index in [0.717, 1.165) is 11.2 Å². The van der Waals surface area contributed by atoms with Crippen LogP contribution in [0.4, 0.5) is 0 Å². The average molecular weight is 173 g/mol. The molecule has 0 saturated carbocycles. The van der Waals surface area contributed by atoms with Crippen molar-refractivity contribution in [3.8, 4) is 0 Å². The molecule has 1 aliphatic rings. The molecular weight excluding hydrogens is 154 g/mol. The van der Waals surface area contributed by atoms with Crippen LogP contribution in [0.2, 0.25) is 0 Å². The molecule has 66 valence electrons. The molecule has 11 heavy (non-hydrogen) atoms. The molecule has 1 aliphatic heterocycles. The second kappa shape index (κ2) is 3.36. The topological polar surface area (TPSA) is 12.0 Å². The molecule has 0 spiro atoms. The normalized spacial score (nSPS) is 40.9. The fourth-order valence-corrected chi connectivity index (χ4v) is 3.10. The van der Waals surface area contributed by atoms with Gasteiger partial charge in [0.1, 0.15) is 0 Å². The molecular formula is C9H19NS. The maximum atomic E-state index is 3.60. The molecule has 0 aromatic heterocycles. The molecule has 1 rings (SSSR count). The highest BCUT2D eigenvalue weighted by Crippen LogP contribution is 2.39. The van der Waals surface area contributed by atoms with Crippen molar-refractivity contribution in [3.05, 3.63) is 0 Å². The van der Waals surface area contributed by atoms with Crippen molar-refractivity contribution >= 4 is 11.8 Å². The quantitative estimate of drug-likeness (QED) is 0.688. The molecule has 1 nitrogen and oxygen atoms in total. The summed E-state index contributed by atoms with van der Waals surface area (Å²) in [5.41, 5.74) is 0. The minimum atomic E-state index is 0.341. The monoisotopic (exact) mass is 173 g/mol. The van der Waals surface area contributed by atoms with Crippen LogP contribution in [0.25, 0.3) is 0 Å². The van der Waals surface area contributed by atoms with Crippen LogP contribution in [0.15, 0.2) is 0 Å². The molecule has 2 heteroatoms. The number of rotatable bonds is 2. The van der Waals surface area contributed by atoms with E-state index in [9.17, 15) is 0 Å². The zero-order valence-corrected chi connectivity index (χ0v) is 8.79. The first-order chi connectivity index (χ1) is 5.08. The van der Waals surface area contributed by atoms with E-state index in [1.165, 1.54) is 13.0 Å². The third-order valence-corrected chi connectivity index (χ3v) is 4.34. The van der Waals surface area contributed by atoms with E-state index in [1.54, 1.807) is 0 Å². The lowest BCUT2D eigenvalue weighted by atomic mass is 10.0. The Morgan fingerprint density at radius 1 is 1.73 bits per heavy atom. The van der Waals surface area contributed by atoms with Gasteiger partial charge in [-0.25, -0.2) is 0 Å². The average Bonchev–Trinajstić information content (AvgIpc) is 2.31. The summed E-state index contributed by atoms with van der Waals surface area (Å²) in [6.07, 6.45) is 1.27. The summed E-state index contributed by atoms with van der Waals surface area (Å²) in [6, 6.07) is 0. The highest BCUT2D eigenvalue weighted by atomic mass is 32.2. The van der Waals surface area contributed by atoms with Gasteiger partial charge in [0.2, 0.25) is 0 Å². The maximum Gasteiger partial charge on any atom is 0.0645 e. The summed E-state index contributed by atoms with van der Waals surface area (Å²) < 4.78 is 0. The molecule has 0 amide bonds. The minimum absolute atomic E-state index is 0.341. The first kappa shape index (κ1) is 9.40. The van der Waals surface area contributed by atoms with Crippen LogP contribution in [-0.4, -0.2) is 16.7 Å². The van der Waals surface area contributed by atoms with E-state index in [-0.39, 0.29) is 0 Å². The van der Waals surface area contributed by atoms with Crippen LogP contribution < -0.4 is 5.32 Å². The van der Waals surface area contributed by atoms with Gasteiger partial charge in [-0.2, -0.15) is 0 Å². The van der Waals surface area contributed by atoms with Gasteiger partial charge in [0, 0.05) is 11.8 Å². The largest absolute Gasteiger partial charge is 0.302 e. The van der Waals surface area contributed by atoms with Gasteiger partial charge in [-0.1, -0.05) is 27.2 Å². The Hall–Kier alpha value is 0.310. The lowest BCUT2D eigenvalue weighted by Crippen LogP contribution is -2.39. The predicted molar refractivity (Wildman–Crippen MR) is 52.9 cm³/mol. The van der Waals surface area contributed by atoms with Crippen molar-refractivity contribution in [1.82, 2.24) is 5.32 Å². The van der Waals surface area contributed by atoms with Crippen LogP contribution in [0, 0.1) is 5.92 Å². The second-order valence-corrected chi connectivity index (χ2v) is 5.61. The van der Waals surface area contributed by atoms with E-state index >= 15 is 0 Å². The Morgan fingerprint density at radius 3 is 2.73 bits per heavy atom. The van der Waals surface area contributed by atoms with E-state index in [4.69, 9.17) is 0 Å². The third kappa shape index (κ3) is 1.91. The number of hydrogen-bond donors (Lipinski definition) is 1. The molecule has 3 unspecified atom stereocenters. The third-order valence-electron chi connectivity index (χ3n) is 2.74. The lowest BCUT2D eigenvalue weighted by molar-refractivity contribution is 0.372. The Balaban J connectivity index is 2.54. The molecule has 1 heterocycles. The predicted octanol–water partition coefficient (Wildman–Crippen LogP) is 2.47. The van der Waals surface area contributed by atoms with Crippen LogP contribution in [0.1, 0.15) is 34.1 Å². The Morgan fingerprint density at radius 2 is 2.36 bits per heavy atom. The summed E-state index contributed by atoms with van der Waals surface area (Å²) in [4.78, 5) is 0.341. The SMILES string of the molecule is CCC(C)C1(C)NCC(C)S1. The van der Waals surface area contributed by atoms with E-state index in [0.29, 0.717) is 4.87 Å². The molecule has 0 bridgehead atoms. The van der Waals surface area contributed by atoms with Crippen LogP contribution in [-0.2, 0) is 0 Å². The van der Waals surface area contributed by atoms with E-state index in [2.05, 4.69) is 44.8 Å². The van der Waals surface area contributed by atoms with Gasteiger partial charge in [-0.15, -0.1) is 11.8 Å². The second-order valence-electron chi connectivity index (χ2n) is 3.73. The summed E-state index contributed by atoms with van der Waals surface area (Å²) in [6.45, 7) is 10.4. The zero-order valence-electron chi connectivity index (χ0n) is 7.98. The summed E-state index contributed by atoms with van der Waals surface area (Å²) in [5.74, 6) is 0.775. The van der Waals surface area contributed by atoms with Crippen LogP contribution >= 0.6 is 11.8 Å². The van der Waals surface area contributed by atoms with Crippen molar-refractivity contribution in [2.24, 2.45) is 5.92 Å². The fourth-order valence-electron chi connectivity index (χ4n) is 1.53. The maximum absolute atomic E-state index is 3.60. The number of thioether (sulfide) groups is 1. The smallest absolute Gasteiger partial charge is 0.0645 e. The molecule has 3 atom stereocenters. The van der Waals surface area contributed by atoms with E-state index < -0.39 is 0 Å². The molecule has 0 radical (unpaired) electrons. The Bertz CT molecular complexity index is 138. The minimum Gasteiger partial charge on any atom is -0.302 e. The molecule has 0 aliphatic carbocycles. The Labute approximate surface area is 74.3 Å². The molecule has 1 N–H and O–H groups in total. The van der Waals surface area contributed by atoms with Crippen molar-refractivity contribution in [1.29, 1.82) is 0 Å². The van der Waals surface area contributed by atoms with Crippen molar-refractivity contribution in [2.45, 2.75) is 44.2 Å². The molecule has 0 aromatic rings. The van der Waals surface area contributed by atoms with Crippen molar-refractivity contribution in [3.63, 3.8) is 0 Å². The zero-order chi connectivity index (χ0) is 8.48. The molecule has 1 fully saturated rings. The van der Waals surface area contributed by atoms with Crippen molar-refractivity contribution < 1.29 is 0 Å². The number of hydrogen-bond acceptors (Lipinski definition) is 2. The molecule has 1 saturated heterocycles. The summed E-state index contributed by atoms with van der Waals surface area (Å²) in [7, 11) is 0. The standard InChI is InChI=1S/C9H19NS/c1-5-7(2)9(4)10-6-8(3)11-9/h7-8,10H,5-6H2,1-4H3. The van der Waals surface area contributed by atoms with Crippen LogP contribution in [0.3, 0.4) is 0 Å². The molecule has 0 aromatic carbocycles. The van der Waals surface area contributed by atoms with Gasteiger partial charge in [-0.3, -0.25) is 0 Å². The fraction of sp³-hybridized carbons (Fsp3) is 1.00. The Kier molecular flexibility index (Phi) is 2.87. The summed E-state index contributed by atoms with van der Waals surface area (Å²) in [5, 5.41) is 4.38. The highest BCUT2D eigenvalue weighted by molar-refractivity contribution is 8.01. The van der Waals surface area contributed by atoms with Gasteiger partial charge in [-0.05, 0) is 12.8 Å². The van der Waals surface area contributed by atoms with Gasteiger partial charge in [0.25, 0.3) is 0 Å². The number of nitrogens with one attached hydrogen (secondary N) is 1. The van der Waals surface area contributed by atoms with Gasteiger partial charge < -0.3 is 5.32 Å². The van der Waals surface area contributed by atoms with Gasteiger partial charge in [0.15, 0.2) is 0 Å².